The summed E-state index contributed by atoms with van der Waals surface area (Å²) >= 11 is 24.5. The average molecular weight is 620 g/mol. The zero-order valence-electron chi connectivity index (χ0n) is 20.3. The lowest BCUT2D eigenvalue weighted by molar-refractivity contribution is -0.770. The van der Waals surface area contributed by atoms with Crippen LogP contribution in [0.25, 0.3) is 0 Å². The quantitative estimate of drug-likeness (QED) is 0.177. The minimum Gasteiger partial charge on any atom is -0.504 e. The molecule has 0 saturated carbocycles. The second-order valence-corrected chi connectivity index (χ2v) is 9.95. The van der Waals surface area contributed by atoms with Gasteiger partial charge in [-0.2, -0.15) is 9.48 Å². The summed E-state index contributed by atoms with van der Waals surface area (Å²) in [6, 6.07) is 2.43. The summed E-state index contributed by atoms with van der Waals surface area (Å²) in [4.78, 5) is 51.3. The molecule has 39 heavy (non-hydrogen) atoms. The third-order valence-electron chi connectivity index (χ3n) is 5.21. The summed E-state index contributed by atoms with van der Waals surface area (Å²) in [7, 11) is 0. The van der Waals surface area contributed by atoms with Crippen LogP contribution in [0.3, 0.4) is 0 Å². The molecule has 2 aromatic rings. The number of phenols is 2. The van der Waals surface area contributed by atoms with Crippen LogP contribution in [0.4, 0.5) is 22.7 Å². The highest BCUT2D eigenvalue weighted by Gasteiger charge is 2.37. The molecule has 0 aromatic heterocycles. The van der Waals surface area contributed by atoms with Crippen molar-refractivity contribution in [2.75, 3.05) is 34.4 Å². The maximum absolute atomic E-state index is 12.9. The average Bonchev–Trinajstić information content (AvgIpc) is 3.28. The second kappa shape index (κ2) is 12.1. The highest BCUT2D eigenvalue weighted by Crippen LogP contribution is 2.44. The van der Waals surface area contributed by atoms with Crippen LogP contribution >= 0.6 is 46.4 Å². The zero-order valence-corrected chi connectivity index (χ0v) is 23.3. The Morgan fingerprint density at radius 1 is 0.769 bits per heavy atom. The van der Waals surface area contributed by atoms with Crippen molar-refractivity contribution in [1.82, 2.24) is 0 Å². The van der Waals surface area contributed by atoms with E-state index in [9.17, 15) is 29.4 Å². The third-order valence-corrected chi connectivity index (χ3v) is 6.54. The zero-order chi connectivity index (χ0) is 29.1. The number of anilines is 4. The number of carbonyl (C=O) groups is 4. The molecule has 3 rings (SSSR count). The number of amides is 4. The minimum atomic E-state index is -0.629. The molecular formula is C23H22Cl4N6O6+2. The van der Waals surface area contributed by atoms with Crippen LogP contribution in [-0.2, 0) is 19.2 Å². The fraction of sp³-hybridized carbons (Fsp3) is 0.174. The molecule has 0 radical (unpaired) electrons. The smallest absolute Gasteiger partial charge is 0.336 e. The number of carbonyl (C=O) groups excluding carboxylic acids is 4. The molecule has 0 fully saturated rings. The van der Waals surface area contributed by atoms with E-state index in [-0.39, 0.29) is 60.4 Å². The summed E-state index contributed by atoms with van der Waals surface area (Å²) in [6.07, 6.45) is 4.53. The van der Waals surface area contributed by atoms with Gasteiger partial charge in [0.05, 0.1) is 32.8 Å². The maximum Gasteiger partial charge on any atom is 0.336 e. The van der Waals surface area contributed by atoms with Gasteiger partial charge in [0, 0.05) is 13.8 Å². The molecule has 0 spiro atoms. The fourth-order valence-electron chi connectivity index (χ4n) is 3.58. The summed E-state index contributed by atoms with van der Waals surface area (Å²) in [5.41, 5.74) is -0.266. The Labute approximate surface area is 241 Å². The Balaban J connectivity index is 1.76. The first kappa shape index (κ1) is 30.0. The van der Waals surface area contributed by atoms with Gasteiger partial charge in [-0.05, 0) is 12.1 Å². The van der Waals surface area contributed by atoms with Gasteiger partial charge in [-0.15, -0.1) is 0 Å². The Kier molecular flexibility index (Phi) is 9.30. The lowest BCUT2D eigenvalue weighted by Crippen LogP contribution is -2.64. The minimum absolute atomic E-state index is 0.0184. The van der Waals surface area contributed by atoms with Gasteiger partial charge in [-0.3, -0.25) is 19.2 Å². The molecule has 12 nitrogen and oxygen atoms in total. The fourth-order valence-corrected chi connectivity index (χ4v) is 4.68. The van der Waals surface area contributed by atoms with Gasteiger partial charge >= 0.3 is 6.34 Å². The van der Waals surface area contributed by atoms with E-state index in [1.54, 1.807) is 6.20 Å². The van der Waals surface area contributed by atoms with Gasteiger partial charge in [0.25, 0.3) is 11.8 Å². The van der Waals surface area contributed by atoms with Crippen LogP contribution in [0, 0.1) is 0 Å². The molecule has 2 aromatic carbocycles. The number of benzene rings is 2. The SMILES string of the molecule is CC(=O)Nc1c(Cl)cc(NC(=O)C[N+]2(CC(=O)Nc3cc(Cl)c(NC(C)=O)c(Cl)c3O)C=C[NH+]=C2)c(O)c1Cl. The Morgan fingerprint density at radius 2 is 1.18 bits per heavy atom. The van der Waals surface area contributed by atoms with Crippen LogP contribution in [0.15, 0.2) is 24.5 Å². The highest BCUT2D eigenvalue weighted by molar-refractivity contribution is 6.42. The van der Waals surface area contributed by atoms with E-state index in [1.807, 2.05) is 0 Å². The molecule has 1 aliphatic rings. The van der Waals surface area contributed by atoms with Gasteiger partial charge < -0.3 is 31.5 Å². The van der Waals surface area contributed by atoms with E-state index in [0.29, 0.717) is 0 Å². The predicted octanol–water partition coefficient (Wildman–Crippen LogP) is 2.62. The predicted molar refractivity (Wildman–Crippen MR) is 148 cm³/mol. The third kappa shape index (κ3) is 7.11. The van der Waals surface area contributed by atoms with E-state index in [2.05, 4.69) is 26.3 Å². The molecule has 1 heterocycles. The van der Waals surface area contributed by atoms with Crippen molar-refractivity contribution in [3.05, 3.63) is 44.6 Å². The molecule has 7 N–H and O–H groups in total. The number of rotatable bonds is 8. The van der Waals surface area contributed by atoms with Gasteiger partial charge in [-0.25, -0.2) is 0 Å². The first-order valence-corrected chi connectivity index (χ1v) is 12.5. The summed E-state index contributed by atoms with van der Waals surface area (Å²) < 4.78 is -0.309. The molecule has 0 unspecified atom stereocenters. The molecule has 0 bridgehead atoms. The van der Waals surface area contributed by atoms with E-state index in [0.717, 1.165) is 0 Å². The number of nitrogens with zero attached hydrogens (tertiary/aromatic N) is 1. The van der Waals surface area contributed by atoms with Crippen molar-refractivity contribution in [3.8, 4) is 11.5 Å². The number of quaternary nitrogens is 1. The van der Waals surface area contributed by atoms with Gasteiger partial charge in [-0.1, -0.05) is 46.4 Å². The van der Waals surface area contributed by atoms with Gasteiger partial charge in [0.15, 0.2) is 30.8 Å². The lowest BCUT2D eigenvalue weighted by Gasteiger charge is -2.23. The Morgan fingerprint density at radius 3 is 1.51 bits per heavy atom. The largest absolute Gasteiger partial charge is 0.504 e. The summed E-state index contributed by atoms with van der Waals surface area (Å²) in [5, 5.41) is 30.0. The molecule has 4 amide bonds. The lowest BCUT2D eigenvalue weighted by atomic mass is 10.2. The standard InChI is InChI=1S/C23H20Cl4N6O6/c1-10(34)29-20-12(24)5-14(22(38)18(20)26)31-16(36)7-33(4-3-28-9-33)8-17(37)32-15-6-13(25)21(30-11(2)35)19(27)23(15)39/h3-6,9H,7-8H2,1-2H3,(H5-,29,30,31,32,34,35,36,37,38,39)/p+2. The van der Waals surface area contributed by atoms with Crippen LogP contribution in [-0.4, -0.2) is 57.8 Å². The highest BCUT2D eigenvalue weighted by atomic mass is 35.5. The van der Waals surface area contributed by atoms with Crippen LogP contribution in [0.1, 0.15) is 13.8 Å². The van der Waals surface area contributed by atoms with Crippen LogP contribution in [0.5, 0.6) is 11.5 Å². The number of aromatic hydroxyl groups is 2. The van der Waals surface area contributed by atoms with Crippen molar-refractivity contribution in [1.29, 1.82) is 0 Å². The Bertz CT molecular complexity index is 1340. The molecule has 0 saturated heterocycles. The second-order valence-electron chi connectivity index (χ2n) is 8.38. The van der Waals surface area contributed by atoms with E-state index < -0.39 is 35.1 Å². The van der Waals surface area contributed by atoms with Crippen molar-refractivity contribution < 1.29 is 38.9 Å². The van der Waals surface area contributed by atoms with Gasteiger partial charge in [0.2, 0.25) is 18.0 Å². The number of halogens is 4. The molecule has 16 heteroatoms. The number of phenolic OH excluding ortho intramolecular Hbond substituents is 2. The normalized spacial score (nSPS) is 13.2. The van der Waals surface area contributed by atoms with Crippen molar-refractivity contribution >= 4 is 99.1 Å². The maximum atomic E-state index is 12.9. The molecular weight excluding hydrogens is 598 g/mol. The van der Waals surface area contributed by atoms with Crippen LogP contribution < -0.4 is 26.3 Å². The molecule has 0 aliphatic carbocycles. The van der Waals surface area contributed by atoms with E-state index in [4.69, 9.17) is 46.4 Å². The molecule has 206 valence electrons. The monoisotopic (exact) mass is 618 g/mol. The van der Waals surface area contributed by atoms with Crippen molar-refractivity contribution in [2.45, 2.75) is 13.8 Å². The number of nitrogens with one attached hydrogen (secondary N) is 5. The van der Waals surface area contributed by atoms with Crippen LogP contribution in [0.2, 0.25) is 20.1 Å². The van der Waals surface area contributed by atoms with Gasteiger partial charge in [0.1, 0.15) is 10.0 Å². The molecule has 1 aliphatic heterocycles. The van der Waals surface area contributed by atoms with Crippen molar-refractivity contribution in [3.63, 3.8) is 0 Å². The topological polar surface area (TPSA) is 171 Å². The van der Waals surface area contributed by atoms with Crippen molar-refractivity contribution in [2.24, 2.45) is 0 Å². The Hall–Kier alpha value is -3.55. The number of hydrogen-bond donors (Lipinski definition) is 7. The molecule has 0 atom stereocenters. The first-order valence-electron chi connectivity index (χ1n) is 10.9. The summed E-state index contributed by atoms with van der Waals surface area (Å²) in [6.45, 7) is 1.85. The number of hydrogen-bond acceptors (Lipinski definition) is 6. The van der Waals surface area contributed by atoms with E-state index in [1.165, 1.54) is 38.5 Å². The first-order chi connectivity index (χ1) is 18.2. The summed E-state index contributed by atoms with van der Waals surface area (Å²) in [5.74, 6) is -3.23. The van der Waals surface area contributed by atoms with E-state index >= 15 is 0 Å².